The molecule has 3 aromatic rings. The van der Waals surface area contributed by atoms with E-state index in [0.717, 1.165) is 34.2 Å². The van der Waals surface area contributed by atoms with E-state index in [9.17, 15) is 4.79 Å². The zero-order valence-corrected chi connectivity index (χ0v) is 14.2. The maximum Gasteiger partial charge on any atom is 0.259 e. The van der Waals surface area contributed by atoms with Gasteiger partial charge in [-0.05, 0) is 59.5 Å². The van der Waals surface area contributed by atoms with Gasteiger partial charge in [-0.15, -0.1) is 0 Å². The first-order chi connectivity index (χ1) is 11.1. The van der Waals surface area contributed by atoms with Crippen molar-refractivity contribution in [2.45, 2.75) is 25.8 Å². The molecule has 0 bridgehead atoms. The molecule has 1 fully saturated rings. The summed E-state index contributed by atoms with van der Waals surface area (Å²) in [5, 5.41) is 4.21. The number of nitrogens with zero attached hydrogens (tertiary/aromatic N) is 4. The van der Waals surface area contributed by atoms with Crippen LogP contribution in [0.1, 0.15) is 28.8 Å². The van der Waals surface area contributed by atoms with E-state index in [1.54, 1.807) is 29.2 Å². The number of carbonyl (C=O) groups is 1. The molecule has 3 aromatic heterocycles. The number of amides is 1. The molecule has 0 spiro atoms. The van der Waals surface area contributed by atoms with Crippen molar-refractivity contribution in [1.82, 2.24) is 14.6 Å². The lowest BCUT2D eigenvalue weighted by molar-refractivity contribution is 0.0984. The van der Waals surface area contributed by atoms with Gasteiger partial charge in [-0.3, -0.25) is 9.69 Å². The van der Waals surface area contributed by atoms with Gasteiger partial charge in [-0.1, -0.05) is 6.07 Å². The van der Waals surface area contributed by atoms with E-state index in [1.807, 2.05) is 30.0 Å². The minimum atomic E-state index is -0.0144. The predicted molar refractivity (Wildman–Crippen MR) is 91.7 cm³/mol. The number of rotatable bonds is 3. The molecule has 1 amide bonds. The maximum absolute atomic E-state index is 13.0. The van der Waals surface area contributed by atoms with Crippen molar-refractivity contribution < 1.29 is 4.79 Å². The fraction of sp³-hybridized carbons (Fsp3) is 0.235. The van der Waals surface area contributed by atoms with Crippen molar-refractivity contribution in [2.24, 2.45) is 0 Å². The van der Waals surface area contributed by atoms with Gasteiger partial charge >= 0.3 is 0 Å². The number of hydrogen-bond acceptors (Lipinski definition) is 3. The molecular weight excluding hydrogens is 356 g/mol. The van der Waals surface area contributed by atoms with Gasteiger partial charge in [-0.25, -0.2) is 9.50 Å². The molecule has 3 heterocycles. The fourth-order valence-electron chi connectivity index (χ4n) is 2.62. The topological polar surface area (TPSA) is 50.5 Å². The van der Waals surface area contributed by atoms with Gasteiger partial charge in [0.05, 0.1) is 16.2 Å². The molecule has 0 saturated heterocycles. The number of aryl methyl sites for hydroxylation is 1. The van der Waals surface area contributed by atoms with E-state index in [1.165, 1.54) is 0 Å². The normalized spacial score (nSPS) is 14.2. The first-order valence-electron chi connectivity index (χ1n) is 7.52. The highest BCUT2D eigenvalue weighted by Crippen LogP contribution is 2.32. The number of halogens is 1. The summed E-state index contributed by atoms with van der Waals surface area (Å²) in [6.07, 6.45) is 7.39. The molecule has 6 heteroatoms. The fourth-order valence-corrected chi connectivity index (χ4v) is 3.00. The largest absolute Gasteiger partial charge is 0.290 e. The van der Waals surface area contributed by atoms with E-state index >= 15 is 0 Å². The molecule has 23 heavy (non-hydrogen) atoms. The highest BCUT2D eigenvalue weighted by molar-refractivity contribution is 9.10. The molecule has 0 atom stereocenters. The van der Waals surface area contributed by atoms with Crippen LogP contribution in [0.3, 0.4) is 0 Å². The molecule has 1 aliphatic carbocycles. The molecule has 5 nitrogen and oxygen atoms in total. The van der Waals surface area contributed by atoms with Gasteiger partial charge in [0.2, 0.25) is 0 Å². The van der Waals surface area contributed by atoms with Crippen molar-refractivity contribution >= 4 is 33.2 Å². The molecule has 0 aliphatic heterocycles. The molecular formula is C17H15BrN4O. The predicted octanol–water partition coefficient (Wildman–Crippen LogP) is 3.61. The van der Waals surface area contributed by atoms with Crippen LogP contribution in [0.2, 0.25) is 0 Å². The van der Waals surface area contributed by atoms with Gasteiger partial charge in [-0.2, -0.15) is 5.10 Å². The second-order valence-electron chi connectivity index (χ2n) is 5.84. The Balaban J connectivity index is 1.74. The van der Waals surface area contributed by atoms with Crippen LogP contribution >= 0.6 is 15.9 Å². The van der Waals surface area contributed by atoms with Crippen molar-refractivity contribution in [3.05, 3.63) is 58.5 Å². The van der Waals surface area contributed by atoms with E-state index in [4.69, 9.17) is 0 Å². The highest BCUT2D eigenvalue weighted by Gasteiger charge is 2.35. The van der Waals surface area contributed by atoms with E-state index < -0.39 is 0 Å². The van der Waals surface area contributed by atoms with Crippen LogP contribution in [-0.4, -0.2) is 26.5 Å². The Morgan fingerprint density at radius 1 is 1.30 bits per heavy atom. The zero-order chi connectivity index (χ0) is 16.0. The Kier molecular flexibility index (Phi) is 3.41. The van der Waals surface area contributed by atoms with Crippen molar-refractivity contribution in [3.8, 4) is 0 Å². The van der Waals surface area contributed by atoms with E-state index in [-0.39, 0.29) is 11.9 Å². The third kappa shape index (κ3) is 2.63. The van der Waals surface area contributed by atoms with Gasteiger partial charge in [0, 0.05) is 24.0 Å². The molecule has 4 rings (SSSR count). The monoisotopic (exact) mass is 370 g/mol. The molecule has 1 aliphatic rings. The molecule has 1 saturated carbocycles. The minimum Gasteiger partial charge on any atom is -0.290 e. The Bertz CT molecular complexity index is 883. The van der Waals surface area contributed by atoms with Crippen LogP contribution in [-0.2, 0) is 0 Å². The lowest BCUT2D eigenvalue weighted by atomic mass is 10.2. The second-order valence-corrected chi connectivity index (χ2v) is 6.69. The summed E-state index contributed by atoms with van der Waals surface area (Å²) in [6, 6.07) is 7.82. The Labute approximate surface area is 142 Å². The maximum atomic E-state index is 13.0. The SMILES string of the molecule is Cc1ccc(N(C(=O)c2ccn3ncc(Br)c3c2)C2CC2)nc1. The van der Waals surface area contributed by atoms with Gasteiger partial charge in [0.15, 0.2) is 0 Å². The van der Waals surface area contributed by atoms with Crippen LogP contribution in [0.25, 0.3) is 5.52 Å². The highest BCUT2D eigenvalue weighted by atomic mass is 79.9. The summed E-state index contributed by atoms with van der Waals surface area (Å²) in [5.74, 6) is 0.704. The van der Waals surface area contributed by atoms with Crippen molar-refractivity contribution in [3.63, 3.8) is 0 Å². The summed E-state index contributed by atoms with van der Waals surface area (Å²) >= 11 is 3.46. The number of fused-ring (bicyclic) bond motifs is 1. The standard InChI is InChI=1S/C17H15BrN4O/c1-11-2-5-16(19-9-11)22(13-3-4-13)17(23)12-6-7-21-15(8-12)14(18)10-20-21/h2,5-10,13H,3-4H2,1H3. The summed E-state index contributed by atoms with van der Waals surface area (Å²) < 4.78 is 2.62. The third-order valence-corrected chi connectivity index (χ3v) is 4.61. The van der Waals surface area contributed by atoms with E-state index in [2.05, 4.69) is 26.0 Å². The first kappa shape index (κ1) is 14.4. The third-order valence-electron chi connectivity index (χ3n) is 3.99. The molecule has 0 radical (unpaired) electrons. The van der Waals surface area contributed by atoms with Crippen molar-refractivity contribution in [2.75, 3.05) is 4.90 Å². The first-order valence-corrected chi connectivity index (χ1v) is 8.32. The number of aromatic nitrogens is 3. The smallest absolute Gasteiger partial charge is 0.259 e. The Morgan fingerprint density at radius 2 is 2.13 bits per heavy atom. The van der Waals surface area contributed by atoms with Gasteiger partial charge in [0.25, 0.3) is 5.91 Å². The minimum absolute atomic E-state index is 0.0144. The number of hydrogen-bond donors (Lipinski definition) is 0. The quantitative estimate of drug-likeness (QED) is 0.707. The van der Waals surface area contributed by atoms with E-state index in [0.29, 0.717) is 5.56 Å². The Morgan fingerprint density at radius 3 is 2.83 bits per heavy atom. The van der Waals surface area contributed by atoms with Crippen LogP contribution in [0.4, 0.5) is 5.82 Å². The number of carbonyl (C=O) groups excluding carboxylic acids is 1. The molecule has 0 N–H and O–H groups in total. The van der Waals surface area contributed by atoms with Crippen LogP contribution in [0.15, 0.2) is 47.3 Å². The Hall–Kier alpha value is -2.21. The van der Waals surface area contributed by atoms with Crippen LogP contribution in [0, 0.1) is 6.92 Å². The average molecular weight is 371 g/mol. The summed E-state index contributed by atoms with van der Waals surface area (Å²) in [5.41, 5.74) is 2.61. The lowest BCUT2D eigenvalue weighted by Gasteiger charge is -2.21. The average Bonchev–Trinajstić information content (AvgIpc) is 3.33. The summed E-state index contributed by atoms with van der Waals surface area (Å²) in [7, 11) is 0. The lowest BCUT2D eigenvalue weighted by Crippen LogP contribution is -2.33. The molecule has 0 aromatic carbocycles. The van der Waals surface area contributed by atoms with Crippen molar-refractivity contribution in [1.29, 1.82) is 0 Å². The number of pyridine rings is 2. The molecule has 116 valence electrons. The molecule has 0 unspecified atom stereocenters. The second kappa shape index (κ2) is 5.45. The van der Waals surface area contributed by atoms with Crippen LogP contribution in [0.5, 0.6) is 0 Å². The van der Waals surface area contributed by atoms with Gasteiger partial charge < -0.3 is 0 Å². The number of anilines is 1. The summed E-state index contributed by atoms with van der Waals surface area (Å²) in [4.78, 5) is 19.3. The van der Waals surface area contributed by atoms with Gasteiger partial charge in [0.1, 0.15) is 5.82 Å². The zero-order valence-electron chi connectivity index (χ0n) is 12.6. The van der Waals surface area contributed by atoms with Crippen LogP contribution < -0.4 is 4.90 Å². The summed E-state index contributed by atoms with van der Waals surface area (Å²) in [6.45, 7) is 1.99.